The Morgan fingerprint density at radius 1 is 0.750 bits per heavy atom. The Morgan fingerprint density at radius 2 is 1.17 bits per heavy atom. The minimum absolute atomic E-state index is 0.336. The lowest BCUT2D eigenvalue weighted by Gasteiger charge is -2.08. The summed E-state index contributed by atoms with van der Waals surface area (Å²) in [7, 11) is 0. The van der Waals surface area contributed by atoms with Gasteiger partial charge in [0.15, 0.2) is 0 Å². The number of carboxylic acids is 1. The van der Waals surface area contributed by atoms with E-state index in [1.54, 1.807) is 0 Å². The molecule has 3 rings (SSSR count). The second kappa shape index (κ2) is 7.11. The third-order valence-electron chi connectivity index (χ3n) is 4.05. The molecule has 120 valence electrons. The Bertz CT molecular complexity index is 809. The highest BCUT2D eigenvalue weighted by molar-refractivity contribution is 5.74. The van der Waals surface area contributed by atoms with Crippen LogP contribution < -0.4 is 5.73 Å². The van der Waals surface area contributed by atoms with Gasteiger partial charge in [0.2, 0.25) is 0 Å². The minimum Gasteiger partial charge on any atom is -0.480 e. The number of hydrogen-bond acceptors (Lipinski definition) is 2. The topological polar surface area (TPSA) is 63.3 Å². The monoisotopic (exact) mass is 317 g/mol. The maximum atomic E-state index is 10.8. The van der Waals surface area contributed by atoms with Crippen LogP contribution in [0.25, 0.3) is 22.3 Å². The lowest BCUT2D eigenvalue weighted by molar-refractivity contribution is -0.138. The number of nitrogens with two attached hydrogens (primary N) is 1. The quantitative estimate of drug-likeness (QED) is 0.748. The molecule has 3 N–H and O–H groups in total. The summed E-state index contributed by atoms with van der Waals surface area (Å²) < 4.78 is 0. The molecular formula is C21H19NO2. The van der Waals surface area contributed by atoms with E-state index in [4.69, 9.17) is 10.8 Å². The van der Waals surface area contributed by atoms with Crippen LogP contribution >= 0.6 is 0 Å². The predicted molar refractivity (Wildman–Crippen MR) is 96.6 cm³/mol. The predicted octanol–water partition coefficient (Wildman–Crippen LogP) is 3.98. The Balaban J connectivity index is 1.76. The molecule has 3 nitrogen and oxygen atoms in total. The van der Waals surface area contributed by atoms with E-state index in [2.05, 4.69) is 36.4 Å². The molecule has 0 saturated carbocycles. The Kier molecular flexibility index (Phi) is 4.73. The number of hydrogen-bond donors (Lipinski definition) is 2. The largest absolute Gasteiger partial charge is 0.480 e. The van der Waals surface area contributed by atoms with Gasteiger partial charge in [0.25, 0.3) is 0 Å². The first-order valence-corrected chi connectivity index (χ1v) is 7.86. The van der Waals surface area contributed by atoms with Crippen LogP contribution in [0.5, 0.6) is 0 Å². The average molecular weight is 317 g/mol. The fraction of sp³-hybridized carbons (Fsp3) is 0.0952. The normalized spacial score (nSPS) is 11.9. The van der Waals surface area contributed by atoms with Crippen molar-refractivity contribution < 1.29 is 9.90 Å². The molecule has 3 aromatic rings. The van der Waals surface area contributed by atoms with Crippen molar-refractivity contribution in [3.05, 3.63) is 84.4 Å². The van der Waals surface area contributed by atoms with Crippen LogP contribution in [0.15, 0.2) is 78.9 Å². The van der Waals surface area contributed by atoms with Crippen molar-refractivity contribution in [2.24, 2.45) is 5.73 Å². The third-order valence-corrected chi connectivity index (χ3v) is 4.05. The average Bonchev–Trinajstić information content (AvgIpc) is 2.63. The van der Waals surface area contributed by atoms with E-state index >= 15 is 0 Å². The van der Waals surface area contributed by atoms with E-state index in [9.17, 15) is 4.79 Å². The first-order chi connectivity index (χ1) is 11.6. The molecule has 1 atom stereocenters. The smallest absolute Gasteiger partial charge is 0.320 e. The van der Waals surface area contributed by atoms with Crippen LogP contribution in [-0.4, -0.2) is 17.1 Å². The summed E-state index contributed by atoms with van der Waals surface area (Å²) in [6, 6.07) is 25.7. The van der Waals surface area contributed by atoms with E-state index in [0.29, 0.717) is 6.42 Å². The van der Waals surface area contributed by atoms with Crippen LogP contribution in [0, 0.1) is 0 Å². The van der Waals surface area contributed by atoms with Crippen molar-refractivity contribution in [1.29, 1.82) is 0 Å². The molecule has 3 aromatic carbocycles. The minimum atomic E-state index is -0.976. The van der Waals surface area contributed by atoms with E-state index in [0.717, 1.165) is 16.7 Å². The van der Waals surface area contributed by atoms with Gasteiger partial charge in [-0.3, -0.25) is 4.79 Å². The fourth-order valence-electron chi connectivity index (χ4n) is 2.66. The van der Waals surface area contributed by atoms with Gasteiger partial charge in [0, 0.05) is 0 Å². The van der Waals surface area contributed by atoms with Gasteiger partial charge in [-0.2, -0.15) is 0 Å². The lowest BCUT2D eigenvalue weighted by Crippen LogP contribution is -2.32. The molecule has 0 aliphatic heterocycles. The highest BCUT2D eigenvalue weighted by atomic mass is 16.4. The standard InChI is InChI=1S/C21H19NO2/c22-20(21(23)24)14-15-6-8-17(9-7-15)19-12-10-18(11-13-19)16-4-2-1-3-5-16/h1-13,20H,14,22H2,(H,23,24)/t20-/m0/s1. The Labute approximate surface area is 141 Å². The maximum Gasteiger partial charge on any atom is 0.320 e. The van der Waals surface area contributed by atoms with E-state index in [1.165, 1.54) is 11.1 Å². The van der Waals surface area contributed by atoms with Crippen LogP contribution in [-0.2, 0) is 11.2 Å². The van der Waals surface area contributed by atoms with Crippen LogP contribution in [0.3, 0.4) is 0 Å². The number of carboxylic acid groups (broad SMARTS) is 1. The molecule has 0 bridgehead atoms. The molecule has 0 amide bonds. The maximum absolute atomic E-state index is 10.8. The summed E-state index contributed by atoms with van der Waals surface area (Å²) in [6.45, 7) is 0. The number of rotatable bonds is 5. The number of aliphatic carboxylic acids is 1. The number of benzene rings is 3. The molecule has 0 aromatic heterocycles. The SMILES string of the molecule is N[C@@H](Cc1ccc(-c2ccc(-c3ccccc3)cc2)cc1)C(=O)O. The second-order valence-electron chi connectivity index (χ2n) is 5.79. The van der Waals surface area contributed by atoms with E-state index in [1.807, 2.05) is 42.5 Å². The van der Waals surface area contributed by atoms with Gasteiger partial charge in [-0.1, -0.05) is 78.9 Å². The van der Waals surface area contributed by atoms with Gasteiger partial charge in [0.05, 0.1) is 0 Å². The van der Waals surface area contributed by atoms with Crippen molar-refractivity contribution >= 4 is 5.97 Å². The molecular weight excluding hydrogens is 298 g/mol. The van der Waals surface area contributed by atoms with Gasteiger partial charge >= 0.3 is 5.97 Å². The summed E-state index contributed by atoms with van der Waals surface area (Å²) in [5, 5.41) is 8.87. The van der Waals surface area contributed by atoms with Crippen molar-refractivity contribution in [2.45, 2.75) is 12.5 Å². The molecule has 0 aliphatic rings. The molecule has 0 saturated heterocycles. The molecule has 0 spiro atoms. The van der Waals surface area contributed by atoms with Gasteiger partial charge in [-0.15, -0.1) is 0 Å². The van der Waals surface area contributed by atoms with Crippen molar-refractivity contribution in [3.8, 4) is 22.3 Å². The zero-order valence-corrected chi connectivity index (χ0v) is 13.2. The summed E-state index contributed by atoms with van der Waals surface area (Å²) in [5.41, 5.74) is 11.1. The Morgan fingerprint density at radius 3 is 1.62 bits per heavy atom. The van der Waals surface area contributed by atoms with Gasteiger partial charge in [-0.25, -0.2) is 0 Å². The van der Waals surface area contributed by atoms with Gasteiger partial charge in [-0.05, 0) is 34.2 Å². The van der Waals surface area contributed by atoms with Crippen molar-refractivity contribution in [2.75, 3.05) is 0 Å². The van der Waals surface area contributed by atoms with Gasteiger partial charge < -0.3 is 10.8 Å². The molecule has 3 heteroatoms. The zero-order valence-electron chi connectivity index (χ0n) is 13.2. The molecule has 0 fully saturated rings. The van der Waals surface area contributed by atoms with Crippen molar-refractivity contribution in [3.63, 3.8) is 0 Å². The summed E-state index contributed by atoms with van der Waals surface area (Å²) >= 11 is 0. The molecule has 0 unspecified atom stereocenters. The number of carbonyl (C=O) groups is 1. The first kappa shape index (κ1) is 16.0. The second-order valence-corrected chi connectivity index (χ2v) is 5.79. The van der Waals surface area contributed by atoms with Crippen LogP contribution in [0.1, 0.15) is 5.56 Å². The van der Waals surface area contributed by atoms with Crippen molar-refractivity contribution in [1.82, 2.24) is 0 Å². The van der Waals surface area contributed by atoms with Crippen LogP contribution in [0.4, 0.5) is 0 Å². The molecule has 0 radical (unpaired) electrons. The highest BCUT2D eigenvalue weighted by Gasteiger charge is 2.11. The van der Waals surface area contributed by atoms with Gasteiger partial charge in [0.1, 0.15) is 6.04 Å². The van der Waals surface area contributed by atoms with E-state index < -0.39 is 12.0 Å². The zero-order chi connectivity index (χ0) is 16.9. The third kappa shape index (κ3) is 3.70. The molecule has 24 heavy (non-hydrogen) atoms. The first-order valence-electron chi connectivity index (χ1n) is 7.86. The van der Waals surface area contributed by atoms with Crippen LogP contribution in [0.2, 0.25) is 0 Å². The summed E-state index contributed by atoms with van der Waals surface area (Å²) in [4.78, 5) is 10.8. The Hall–Kier alpha value is -2.91. The summed E-state index contributed by atoms with van der Waals surface area (Å²) in [6.07, 6.45) is 0.336. The fourth-order valence-corrected chi connectivity index (χ4v) is 2.66. The molecule has 0 heterocycles. The highest BCUT2D eigenvalue weighted by Crippen LogP contribution is 2.25. The lowest BCUT2D eigenvalue weighted by atomic mass is 9.98. The summed E-state index contributed by atoms with van der Waals surface area (Å²) in [5.74, 6) is -0.976. The molecule has 0 aliphatic carbocycles. The van der Waals surface area contributed by atoms with E-state index in [-0.39, 0.29) is 0 Å².